The molecule has 2 heterocycles. The number of nitrogens with zero attached hydrogens (tertiary/aromatic N) is 5. The van der Waals surface area contributed by atoms with Gasteiger partial charge in [0.15, 0.2) is 5.13 Å². The summed E-state index contributed by atoms with van der Waals surface area (Å²) in [6.07, 6.45) is 1.57. The van der Waals surface area contributed by atoms with E-state index < -0.39 is 0 Å². The molecule has 0 aliphatic heterocycles. The van der Waals surface area contributed by atoms with Crippen LogP contribution >= 0.6 is 11.3 Å². The maximum Gasteiger partial charge on any atom is 0.182 e. The number of thiazole rings is 1. The fraction of sp³-hybridized carbons (Fsp3) is 0.0909. The van der Waals surface area contributed by atoms with Gasteiger partial charge in [-0.1, -0.05) is 12.1 Å². The second-order valence-electron chi connectivity index (χ2n) is 3.59. The number of rotatable bonds is 3. The lowest BCUT2D eigenvalue weighted by molar-refractivity contribution is 0.789. The molecular weight excluding hydrogens is 248 g/mol. The standard InChI is InChI=1S/C11H10N6S/c1-12-11-14-10(6-18-11)8-3-2-4-9(5-8)17-7-13-15-16-17/h2-7H,1H3,(H,12,14). The van der Waals surface area contributed by atoms with Crippen molar-refractivity contribution >= 4 is 16.5 Å². The van der Waals surface area contributed by atoms with Crippen molar-refractivity contribution in [2.75, 3.05) is 12.4 Å². The molecule has 0 saturated carbocycles. The van der Waals surface area contributed by atoms with Gasteiger partial charge in [0.1, 0.15) is 6.33 Å². The Morgan fingerprint density at radius 1 is 1.33 bits per heavy atom. The summed E-state index contributed by atoms with van der Waals surface area (Å²) in [5.74, 6) is 0. The summed E-state index contributed by atoms with van der Waals surface area (Å²) in [7, 11) is 1.86. The van der Waals surface area contributed by atoms with E-state index in [1.165, 1.54) is 0 Å². The van der Waals surface area contributed by atoms with E-state index >= 15 is 0 Å². The lowest BCUT2D eigenvalue weighted by Gasteiger charge is -2.01. The highest BCUT2D eigenvalue weighted by atomic mass is 32.1. The number of anilines is 1. The van der Waals surface area contributed by atoms with E-state index in [1.54, 1.807) is 22.3 Å². The summed E-state index contributed by atoms with van der Waals surface area (Å²) in [6.45, 7) is 0. The molecular formula is C11H10N6S. The molecule has 2 aromatic heterocycles. The molecule has 0 radical (unpaired) electrons. The summed E-state index contributed by atoms with van der Waals surface area (Å²) in [5.41, 5.74) is 2.90. The molecule has 3 aromatic rings. The molecule has 0 atom stereocenters. The molecule has 0 bridgehead atoms. The van der Waals surface area contributed by atoms with E-state index in [-0.39, 0.29) is 0 Å². The Kier molecular flexibility index (Phi) is 2.73. The quantitative estimate of drug-likeness (QED) is 0.776. The van der Waals surface area contributed by atoms with Gasteiger partial charge in [0.25, 0.3) is 0 Å². The van der Waals surface area contributed by atoms with Crippen LogP contribution in [0.4, 0.5) is 5.13 Å². The molecule has 6 nitrogen and oxygen atoms in total. The molecule has 1 aromatic carbocycles. The predicted molar refractivity (Wildman–Crippen MR) is 69.8 cm³/mol. The Balaban J connectivity index is 2.00. The maximum atomic E-state index is 4.47. The van der Waals surface area contributed by atoms with E-state index in [4.69, 9.17) is 0 Å². The maximum absolute atomic E-state index is 4.47. The minimum Gasteiger partial charge on any atom is -0.365 e. The van der Waals surface area contributed by atoms with E-state index in [0.717, 1.165) is 22.1 Å². The highest BCUT2D eigenvalue weighted by molar-refractivity contribution is 7.14. The van der Waals surface area contributed by atoms with Gasteiger partial charge in [-0.05, 0) is 22.6 Å². The number of nitrogens with one attached hydrogen (secondary N) is 1. The minimum absolute atomic E-state index is 0.901. The Bertz CT molecular complexity index is 645. The van der Waals surface area contributed by atoms with Crippen LogP contribution in [0.15, 0.2) is 36.0 Å². The number of hydrogen-bond acceptors (Lipinski definition) is 6. The van der Waals surface area contributed by atoms with Gasteiger partial charge < -0.3 is 5.32 Å². The van der Waals surface area contributed by atoms with Crippen LogP contribution in [0, 0.1) is 0 Å². The highest BCUT2D eigenvalue weighted by Crippen LogP contribution is 2.25. The summed E-state index contributed by atoms with van der Waals surface area (Å²) in [6, 6.07) is 7.93. The molecule has 0 aliphatic carbocycles. The Labute approximate surface area is 107 Å². The summed E-state index contributed by atoms with van der Waals surface area (Å²) < 4.78 is 1.62. The average Bonchev–Trinajstić information content (AvgIpc) is 3.10. The first kappa shape index (κ1) is 10.8. The second-order valence-corrected chi connectivity index (χ2v) is 4.45. The molecule has 0 fully saturated rings. The van der Waals surface area contributed by atoms with Crippen molar-refractivity contribution in [1.29, 1.82) is 0 Å². The SMILES string of the molecule is CNc1nc(-c2cccc(-n3cnnn3)c2)cs1. The lowest BCUT2D eigenvalue weighted by Crippen LogP contribution is -1.95. The molecule has 0 spiro atoms. The van der Waals surface area contributed by atoms with Crippen molar-refractivity contribution < 1.29 is 0 Å². The van der Waals surface area contributed by atoms with Gasteiger partial charge in [-0.3, -0.25) is 0 Å². The highest BCUT2D eigenvalue weighted by Gasteiger charge is 2.05. The van der Waals surface area contributed by atoms with Crippen LogP contribution in [-0.4, -0.2) is 32.2 Å². The summed E-state index contributed by atoms with van der Waals surface area (Å²) >= 11 is 1.58. The van der Waals surface area contributed by atoms with E-state index in [1.807, 2.05) is 36.7 Å². The Morgan fingerprint density at radius 3 is 3.00 bits per heavy atom. The van der Waals surface area contributed by atoms with Crippen molar-refractivity contribution in [3.8, 4) is 16.9 Å². The van der Waals surface area contributed by atoms with Crippen molar-refractivity contribution in [3.05, 3.63) is 36.0 Å². The van der Waals surface area contributed by atoms with Crippen LogP contribution in [0.25, 0.3) is 16.9 Å². The van der Waals surface area contributed by atoms with E-state index in [9.17, 15) is 0 Å². The molecule has 18 heavy (non-hydrogen) atoms. The third kappa shape index (κ3) is 1.95. The van der Waals surface area contributed by atoms with Crippen LogP contribution < -0.4 is 5.32 Å². The zero-order chi connectivity index (χ0) is 12.4. The van der Waals surface area contributed by atoms with Gasteiger partial charge in [-0.2, -0.15) is 0 Å². The molecule has 3 rings (SSSR count). The third-order valence-electron chi connectivity index (χ3n) is 2.47. The molecule has 1 N–H and O–H groups in total. The van der Waals surface area contributed by atoms with E-state index in [0.29, 0.717) is 0 Å². The fourth-order valence-electron chi connectivity index (χ4n) is 1.61. The predicted octanol–water partition coefficient (Wildman–Crippen LogP) is 1.83. The van der Waals surface area contributed by atoms with E-state index in [2.05, 4.69) is 25.8 Å². The van der Waals surface area contributed by atoms with Gasteiger partial charge in [-0.25, -0.2) is 9.67 Å². The van der Waals surface area contributed by atoms with Gasteiger partial charge >= 0.3 is 0 Å². The number of benzene rings is 1. The monoisotopic (exact) mass is 258 g/mol. The first-order valence-corrected chi connectivity index (χ1v) is 6.22. The van der Waals surface area contributed by atoms with Crippen LogP contribution in [0.2, 0.25) is 0 Å². The van der Waals surface area contributed by atoms with Crippen molar-refractivity contribution in [1.82, 2.24) is 25.2 Å². The molecule has 7 heteroatoms. The number of aromatic nitrogens is 5. The molecule has 0 aliphatic rings. The molecule has 0 amide bonds. The third-order valence-corrected chi connectivity index (χ3v) is 3.33. The Morgan fingerprint density at radius 2 is 2.28 bits per heavy atom. The topological polar surface area (TPSA) is 68.5 Å². The molecule has 0 saturated heterocycles. The smallest absolute Gasteiger partial charge is 0.182 e. The lowest BCUT2D eigenvalue weighted by atomic mass is 10.1. The van der Waals surface area contributed by atoms with Gasteiger partial charge in [0.05, 0.1) is 11.4 Å². The molecule has 90 valence electrons. The molecule has 0 unspecified atom stereocenters. The first-order chi connectivity index (χ1) is 8.86. The summed E-state index contributed by atoms with van der Waals surface area (Å²) in [4.78, 5) is 4.47. The number of tetrazole rings is 1. The van der Waals surface area contributed by atoms with Crippen LogP contribution in [0.5, 0.6) is 0 Å². The second kappa shape index (κ2) is 4.53. The zero-order valence-corrected chi connectivity index (χ0v) is 10.4. The Hall–Kier alpha value is -2.28. The van der Waals surface area contributed by atoms with Crippen LogP contribution in [0.3, 0.4) is 0 Å². The normalized spacial score (nSPS) is 10.5. The van der Waals surface area contributed by atoms with Crippen molar-refractivity contribution in [3.63, 3.8) is 0 Å². The van der Waals surface area contributed by atoms with Crippen molar-refractivity contribution in [2.45, 2.75) is 0 Å². The number of hydrogen-bond donors (Lipinski definition) is 1. The van der Waals surface area contributed by atoms with Crippen LogP contribution in [0.1, 0.15) is 0 Å². The van der Waals surface area contributed by atoms with Crippen LogP contribution in [-0.2, 0) is 0 Å². The fourth-order valence-corrected chi connectivity index (χ4v) is 2.29. The van der Waals surface area contributed by atoms with Crippen molar-refractivity contribution in [2.24, 2.45) is 0 Å². The minimum atomic E-state index is 0.901. The zero-order valence-electron chi connectivity index (χ0n) is 9.61. The van der Waals surface area contributed by atoms with Gasteiger partial charge in [-0.15, -0.1) is 16.4 Å². The first-order valence-electron chi connectivity index (χ1n) is 5.34. The average molecular weight is 258 g/mol. The van der Waals surface area contributed by atoms with Gasteiger partial charge in [0, 0.05) is 18.0 Å². The summed E-state index contributed by atoms with van der Waals surface area (Å²) in [5, 5.41) is 17.1. The largest absolute Gasteiger partial charge is 0.365 e. The van der Waals surface area contributed by atoms with Gasteiger partial charge in [0.2, 0.25) is 0 Å².